The number of fused-ring (bicyclic) bond motifs is 1. The number of likely N-dealkylation sites (N-methyl/N-ethyl adjacent to an activating group) is 2. The van der Waals surface area contributed by atoms with Crippen LogP contribution in [-0.4, -0.2) is 49.1 Å². The lowest BCUT2D eigenvalue weighted by molar-refractivity contribution is 0.218. The van der Waals surface area contributed by atoms with Crippen LogP contribution in [0, 0.1) is 0 Å². The van der Waals surface area contributed by atoms with Crippen LogP contribution < -0.4 is 0 Å². The summed E-state index contributed by atoms with van der Waals surface area (Å²) in [7, 11) is 6.40. The second-order valence-corrected chi connectivity index (χ2v) is 5.22. The Balaban J connectivity index is 2.06. The van der Waals surface area contributed by atoms with E-state index in [1.165, 1.54) is 17.5 Å². The van der Waals surface area contributed by atoms with Crippen LogP contribution >= 0.6 is 0 Å². The van der Waals surface area contributed by atoms with E-state index in [0.29, 0.717) is 11.8 Å². The minimum Gasteiger partial charge on any atom is -0.508 e. The highest BCUT2D eigenvalue weighted by Gasteiger charge is 2.25. The first-order chi connectivity index (χ1) is 8.08. The summed E-state index contributed by atoms with van der Waals surface area (Å²) in [5.41, 5.74) is 2.70. The van der Waals surface area contributed by atoms with Gasteiger partial charge in [0.2, 0.25) is 0 Å². The lowest BCUT2D eigenvalue weighted by Crippen LogP contribution is -2.31. The summed E-state index contributed by atoms with van der Waals surface area (Å²) in [6, 6.07) is 6.31. The molecule has 0 aliphatic heterocycles. The number of nitrogens with zero attached hydrogens (tertiary/aromatic N) is 2. The van der Waals surface area contributed by atoms with Crippen LogP contribution in [0.25, 0.3) is 0 Å². The third-order valence-corrected chi connectivity index (χ3v) is 3.60. The first-order valence-corrected chi connectivity index (χ1v) is 6.24. The van der Waals surface area contributed by atoms with Gasteiger partial charge in [-0.05, 0) is 57.2 Å². The summed E-state index contributed by atoms with van der Waals surface area (Å²) in [5, 5.41) is 9.48. The van der Waals surface area contributed by atoms with E-state index in [1.807, 2.05) is 6.07 Å². The molecule has 1 aliphatic rings. The number of rotatable bonds is 4. The molecule has 3 nitrogen and oxygen atoms in total. The predicted molar refractivity (Wildman–Crippen MR) is 70.4 cm³/mol. The van der Waals surface area contributed by atoms with Gasteiger partial charge < -0.3 is 10.0 Å². The maximum Gasteiger partial charge on any atom is 0.115 e. The fourth-order valence-corrected chi connectivity index (χ4v) is 2.55. The fraction of sp³-hybridized carbons (Fsp3) is 0.571. The molecular weight excluding hydrogens is 212 g/mol. The van der Waals surface area contributed by atoms with Crippen LogP contribution in [0.1, 0.15) is 23.6 Å². The van der Waals surface area contributed by atoms with Crippen LogP contribution in [0.15, 0.2) is 18.2 Å². The highest BCUT2D eigenvalue weighted by atomic mass is 16.3. The molecule has 1 aliphatic carbocycles. The van der Waals surface area contributed by atoms with E-state index in [2.05, 4.69) is 37.0 Å². The average molecular weight is 234 g/mol. The first kappa shape index (κ1) is 12.4. The first-order valence-electron chi connectivity index (χ1n) is 6.24. The highest BCUT2D eigenvalue weighted by molar-refractivity contribution is 5.40. The molecular formula is C14H22N2O. The molecule has 0 saturated carbocycles. The van der Waals surface area contributed by atoms with Gasteiger partial charge in [-0.1, -0.05) is 6.07 Å². The van der Waals surface area contributed by atoms with Crippen molar-refractivity contribution in [1.29, 1.82) is 0 Å². The third kappa shape index (κ3) is 2.79. The third-order valence-electron chi connectivity index (χ3n) is 3.60. The molecule has 0 bridgehead atoms. The van der Waals surface area contributed by atoms with E-state index >= 15 is 0 Å². The van der Waals surface area contributed by atoms with Crippen molar-refractivity contribution in [2.75, 3.05) is 34.2 Å². The molecule has 0 fully saturated rings. The van der Waals surface area contributed by atoms with Crippen LogP contribution in [0.2, 0.25) is 0 Å². The lowest BCUT2D eigenvalue weighted by atomic mass is 10.1. The number of aryl methyl sites for hydroxylation is 1. The van der Waals surface area contributed by atoms with E-state index < -0.39 is 0 Å². The van der Waals surface area contributed by atoms with Gasteiger partial charge in [0, 0.05) is 19.1 Å². The minimum atomic E-state index is 0.389. The molecule has 0 saturated heterocycles. The zero-order valence-corrected chi connectivity index (χ0v) is 11.0. The van der Waals surface area contributed by atoms with Gasteiger partial charge in [0.15, 0.2) is 0 Å². The summed E-state index contributed by atoms with van der Waals surface area (Å²) in [4.78, 5) is 4.63. The summed E-state index contributed by atoms with van der Waals surface area (Å²) in [6.07, 6.45) is 2.25. The number of hydrogen-bond donors (Lipinski definition) is 1. The van der Waals surface area contributed by atoms with Crippen molar-refractivity contribution in [2.45, 2.75) is 18.9 Å². The minimum absolute atomic E-state index is 0.389. The van der Waals surface area contributed by atoms with Crippen molar-refractivity contribution in [3.8, 4) is 5.75 Å². The predicted octanol–water partition coefficient (Wildman–Crippen LogP) is 1.87. The van der Waals surface area contributed by atoms with Crippen molar-refractivity contribution in [3.63, 3.8) is 0 Å². The van der Waals surface area contributed by atoms with Gasteiger partial charge >= 0.3 is 0 Å². The second-order valence-electron chi connectivity index (χ2n) is 5.22. The molecule has 0 spiro atoms. The zero-order valence-electron chi connectivity index (χ0n) is 11.0. The Labute approximate surface area is 104 Å². The molecule has 17 heavy (non-hydrogen) atoms. The molecule has 1 aromatic carbocycles. The zero-order chi connectivity index (χ0) is 12.4. The largest absolute Gasteiger partial charge is 0.508 e. The molecule has 0 heterocycles. The number of hydrogen-bond acceptors (Lipinski definition) is 3. The molecule has 0 radical (unpaired) electrons. The quantitative estimate of drug-likeness (QED) is 0.861. The van der Waals surface area contributed by atoms with Gasteiger partial charge in [-0.25, -0.2) is 0 Å². The van der Waals surface area contributed by atoms with Gasteiger partial charge in [0.25, 0.3) is 0 Å². The maximum atomic E-state index is 9.48. The molecule has 1 unspecified atom stereocenters. The van der Waals surface area contributed by atoms with Gasteiger partial charge in [0.1, 0.15) is 5.75 Å². The number of phenols is 1. The SMILES string of the molecule is CN(C)CCN(C)C1CCc2cc(O)ccc21. The van der Waals surface area contributed by atoms with Crippen LogP contribution in [0.5, 0.6) is 5.75 Å². The fourth-order valence-electron chi connectivity index (χ4n) is 2.55. The van der Waals surface area contributed by atoms with Crippen LogP contribution in [0.3, 0.4) is 0 Å². The topological polar surface area (TPSA) is 26.7 Å². The van der Waals surface area contributed by atoms with E-state index in [-0.39, 0.29) is 0 Å². The van der Waals surface area contributed by atoms with E-state index in [4.69, 9.17) is 0 Å². The average Bonchev–Trinajstić information content (AvgIpc) is 2.68. The molecule has 0 aromatic heterocycles. The second kappa shape index (κ2) is 5.07. The molecule has 1 atom stereocenters. The van der Waals surface area contributed by atoms with Crippen molar-refractivity contribution in [3.05, 3.63) is 29.3 Å². The van der Waals surface area contributed by atoms with Crippen LogP contribution in [0.4, 0.5) is 0 Å². The van der Waals surface area contributed by atoms with E-state index in [1.54, 1.807) is 6.07 Å². The van der Waals surface area contributed by atoms with Gasteiger partial charge in [0.05, 0.1) is 0 Å². The molecule has 3 heteroatoms. The Bertz CT molecular complexity index is 390. The van der Waals surface area contributed by atoms with E-state index in [0.717, 1.165) is 19.5 Å². The number of aromatic hydroxyl groups is 1. The normalized spacial score (nSPS) is 19.0. The summed E-state index contributed by atoms with van der Waals surface area (Å²) in [5.74, 6) is 0.389. The Morgan fingerprint density at radius 3 is 2.71 bits per heavy atom. The Kier molecular flexibility index (Phi) is 3.69. The molecule has 2 rings (SSSR count). The summed E-state index contributed by atoms with van der Waals surface area (Å²) in [6.45, 7) is 2.17. The Hall–Kier alpha value is -1.06. The van der Waals surface area contributed by atoms with Crippen molar-refractivity contribution in [1.82, 2.24) is 9.80 Å². The highest BCUT2D eigenvalue weighted by Crippen LogP contribution is 2.36. The standard InChI is InChI=1S/C14H22N2O/c1-15(2)8-9-16(3)14-7-4-11-10-12(17)5-6-13(11)14/h5-6,10,14,17H,4,7-9H2,1-3H3. The molecule has 0 amide bonds. The smallest absolute Gasteiger partial charge is 0.115 e. The van der Waals surface area contributed by atoms with Crippen molar-refractivity contribution < 1.29 is 5.11 Å². The monoisotopic (exact) mass is 234 g/mol. The number of phenolic OH excluding ortho intramolecular Hbond substituents is 1. The molecule has 1 N–H and O–H groups in total. The molecule has 1 aromatic rings. The van der Waals surface area contributed by atoms with Gasteiger partial charge in [-0.15, -0.1) is 0 Å². The summed E-state index contributed by atoms with van der Waals surface area (Å²) >= 11 is 0. The van der Waals surface area contributed by atoms with Crippen LogP contribution in [-0.2, 0) is 6.42 Å². The van der Waals surface area contributed by atoms with E-state index in [9.17, 15) is 5.11 Å². The van der Waals surface area contributed by atoms with Crippen molar-refractivity contribution in [2.24, 2.45) is 0 Å². The summed E-state index contributed by atoms with van der Waals surface area (Å²) < 4.78 is 0. The van der Waals surface area contributed by atoms with Gasteiger partial charge in [-0.3, -0.25) is 4.90 Å². The van der Waals surface area contributed by atoms with Crippen molar-refractivity contribution >= 4 is 0 Å². The molecule has 94 valence electrons. The Morgan fingerprint density at radius 2 is 2.00 bits per heavy atom. The number of benzene rings is 1. The lowest BCUT2D eigenvalue weighted by Gasteiger charge is -2.26. The Morgan fingerprint density at radius 1 is 1.24 bits per heavy atom. The van der Waals surface area contributed by atoms with Gasteiger partial charge in [-0.2, -0.15) is 0 Å². The maximum absolute atomic E-state index is 9.48.